The topological polar surface area (TPSA) is 77.1 Å². The summed E-state index contributed by atoms with van der Waals surface area (Å²) in [6, 6.07) is 11.3. The van der Waals surface area contributed by atoms with Gasteiger partial charge in [0.25, 0.3) is 0 Å². The van der Waals surface area contributed by atoms with Gasteiger partial charge >= 0.3 is 6.09 Å². The van der Waals surface area contributed by atoms with Gasteiger partial charge in [-0.15, -0.1) is 0 Å². The van der Waals surface area contributed by atoms with Crippen molar-refractivity contribution < 1.29 is 23.8 Å². The van der Waals surface area contributed by atoms with Crippen molar-refractivity contribution in [3.05, 3.63) is 42.0 Å². The summed E-state index contributed by atoms with van der Waals surface area (Å²) in [6.45, 7) is 4.21. The van der Waals surface area contributed by atoms with Crippen LogP contribution in [0, 0.1) is 0 Å². The monoisotopic (exact) mass is 382 g/mol. The molecule has 1 saturated heterocycles. The summed E-state index contributed by atoms with van der Waals surface area (Å²) in [6.07, 6.45) is 1.21. The van der Waals surface area contributed by atoms with Crippen molar-refractivity contribution in [1.82, 2.24) is 5.32 Å². The van der Waals surface area contributed by atoms with Crippen molar-refractivity contribution in [2.45, 2.75) is 32.8 Å². The van der Waals surface area contributed by atoms with Gasteiger partial charge in [0.15, 0.2) is 23.0 Å². The van der Waals surface area contributed by atoms with E-state index in [9.17, 15) is 9.59 Å². The number of anilines is 1. The Bertz CT molecular complexity index is 927. The van der Waals surface area contributed by atoms with Gasteiger partial charge in [-0.2, -0.15) is 0 Å². The van der Waals surface area contributed by atoms with Gasteiger partial charge < -0.3 is 19.5 Å². The Hall–Kier alpha value is -3.22. The van der Waals surface area contributed by atoms with E-state index in [1.54, 1.807) is 18.2 Å². The minimum atomic E-state index is -0.448. The lowest BCUT2D eigenvalue weighted by Crippen LogP contribution is -2.33. The van der Waals surface area contributed by atoms with Crippen LogP contribution in [0.3, 0.4) is 0 Å². The minimum absolute atomic E-state index is 0.158. The number of hydrogen-bond donors (Lipinski definition) is 1. The molecular weight excluding hydrogens is 360 g/mol. The van der Waals surface area contributed by atoms with Crippen LogP contribution in [-0.4, -0.2) is 31.2 Å². The molecule has 0 aromatic heterocycles. The van der Waals surface area contributed by atoms with Crippen molar-refractivity contribution in [3.63, 3.8) is 0 Å². The summed E-state index contributed by atoms with van der Waals surface area (Å²) in [5, 5.41) is 2.67. The van der Waals surface area contributed by atoms with Crippen molar-refractivity contribution >= 4 is 17.7 Å². The molecule has 0 bridgehead atoms. The second-order valence-corrected chi connectivity index (χ2v) is 6.92. The molecule has 7 heteroatoms. The fourth-order valence-electron chi connectivity index (χ4n) is 3.32. The number of nitrogens with one attached hydrogen (secondary N) is 1. The molecule has 2 aliphatic rings. The minimum Gasteiger partial charge on any atom is -0.450 e. The summed E-state index contributed by atoms with van der Waals surface area (Å²) in [5.74, 6) is 2.34. The highest BCUT2D eigenvalue weighted by molar-refractivity contribution is 5.90. The van der Waals surface area contributed by atoms with Crippen molar-refractivity contribution in [3.8, 4) is 23.0 Å². The van der Waals surface area contributed by atoms with Gasteiger partial charge in [0, 0.05) is 13.0 Å². The molecular formula is C21H22N2O5. The lowest BCUT2D eigenvalue weighted by molar-refractivity contribution is -0.119. The molecule has 2 aliphatic heterocycles. The highest BCUT2D eigenvalue weighted by Gasteiger charge is 2.33. The molecule has 0 spiro atoms. The molecule has 1 atom stereocenters. The van der Waals surface area contributed by atoms with Gasteiger partial charge in [-0.1, -0.05) is 19.4 Å². The van der Waals surface area contributed by atoms with Crippen LogP contribution in [0.5, 0.6) is 23.0 Å². The van der Waals surface area contributed by atoms with E-state index in [-0.39, 0.29) is 18.6 Å². The number of carbonyl (C=O) groups is 2. The van der Waals surface area contributed by atoms with Crippen LogP contribution in [0.15, 0.2) is 36.4 Å². The van der Waals surface area contributed by atoms with Crippen LogP contribution in [0.2, 0.25) is 0 Å². The zero-order valence-corrected chi connectivity index (χ0v) is 15.9. The first kappa shape index (κ1) is 18.2. The van der Waals surface area contributed by atoms with E-state index in [2.05, 4.69) is 12.2 Å². The third kappa shape index (κ3) is 3.60. The number of carbonyl (C=O) groups excluding carboxylic acids is 2. The average Bonchev–Trinajstić information content (AvgIpc) is 3.05. The molecule has 1 N–H and O–H groups in total. The SMILES string of the molecule is CCCc1ccc2c(c1)Oc1ccc(N3C[C@H](CNC(C)=O)OC3=O)cc1O2. The maximum atomic E-state index is 12.2. The largest absolute Gasteiger partial charge is 0.450 e. The van der Waals surface area contributed by atoms with Crippen LogP contribution < -0.4 is 19.7 Å². The third-order valence-corrected chi connectivity index (χ3v) is 4.68. The first-order valence-electron chi connectivity index (χ1n) is 9.38. The van der Waals surface area contributed by atoms with E-state index in [1.165, 1.54) is 17.4 Å². The van der Waals surface area contributed by atoms with Crippen molar-refractivity contribution in [2.24, 2.45) is 0 Å². The molecule has 7 nitrogen and oxygen atoms in total. The number of fused-ring (bicyclic) bond motifs is 2. The number of aryl methyl sites for hydroxylation is 1. The molecule has 1 fully saturated rings. The van der Waals surface area contributed by atoms with E-state index in [0.29, 0.717) is 35.2 Å². The van der Waals surface area contributed by atoms with Gasteiger partial charge in [0.2, 0.25) is 5.91 Å². The molecule has 2 amide bonds. The van der Waals surface area contributed by atoms with Crippen LogP contribution in [0.25, 0.3) is 0 Å². The number of nitrogens with zero attached hydrogens (tertiary/aromatic N) is 1. The molecule has 146 valence electrons. The average molecular weight is 382 g/mol. The van der Waals surface area contributed by atoms with Crippen molar-refractivity contribution in [2.75, 3.05) is 18.0 Å². The predicted molar refractivity (Wildman–Crippen MR) is 103 cm³/mol. The molecule has 0 aliphatic carbocycles. The Morgan fingerprint density at radius 3 is 2.54 bits per heavy atom. The van der Waals surface area contributed by atoms with Gasteiger partial charge in [-0.3, -0.25) is 9.69 Å². The Balaban J connectivity index is 1.51. The zero-order chi connectivity index (χ0) is 19.7. The second-order valence-electron chi connectivity index (χ2n) is 6.92. The lowest BCUT2D eigenvalue weighted by atomic mass is 10.1. The highest BCUT2D eigenvalue weighted by Crippen LogP contribution is 2.47. The maximum absolute atomic E-state index is 12.2. The number of ether oxygens (including phenoxy) is 3. The van der Waals surface area contributed by atoms with Gasteiger partial charge in [-0.05, 0) is 36.2 Å². The van der Waals surface area contributed by atoms with E-state index in [1.807, 2.05) is 18.2 Å². The Morgan fingerprint density at radius 2 is 1.82 bits per heavy atom. The summed E-state index contributed by atoms with van der Waals surface area (Å²) < 4.78 is 17.3. The van der Waals surface area contributed by atoms with E-state index >= 15 is 0 Å². The number of hydrogen-bond acceptors (Lipinski definition) is 5. The Labute approximate surface area is 163 Å². The lowest BCUT2D eigenvalue weighted by Gasteiger charge is -2.23. The number of benzene rings is 2. The van der Waals surface area contributed by atoms with Crippen LogP contribution in [-0.2, 0) is 16.0 Å². The first-order chi connectivity index (χ1) is 13.5. The normalized spacial score (nSPS) is 17.1. The fraction of sp³-hybridized carbons (Fsp3) is 0.333. The standard InChI is InChI=1S/C21H22N2O5/c1-3-4-14-5-7-17-19(9-14)27-18-8-6-15(10-20(18)28-17)23-12-16(26-21(23)25)11-22-13(2)24/h5-10,16H,3-4,11-12H2,1-2H3,(H,22,24)/t16-/m0/s1. The van der Waals surface area contributed by atoms with Gasteiger partial charge in [0.05, 0.1) is 18.8 Å². The van der Waals surface area contributed by atoms with Gasteiger partial charge in [-0.25, -0.2) is 4.79 Å². The maximum Gasteiger partial charge on any atom is 0.414 e. The molecule has 2 aromatic rings. The molecule has 0 saturated carbocycles. The Kier molecular flexibility index (Phi) is 4.81. The predicted octanol–water partition coefficient (Wildman–Crippen LogP) is 4.00. The van der Waals surface area contributed by atoms with E-state index < -0.39 is 6.09 Å². The van der Waals surface area contributed by atoms with E-state index in [4.69, 9.17) is 14.2 Å². The van der Waals surface area contributed by atoms with Crippen LogP contribution in [0.1, 0.15) is 25.8 Å². The summed E-state index contributed by atoms with van der Waals surface area (Å²) in [4.78, 5) is 24.8. The molecule has 4 rings (SSSR count). The number of rotatable bonds is 5. The number of amides is 2. The molecule has 0 unspecified atom stereocenters. The summed E-state index contributed by atoms with van der Waals surface area (Å²) in [7, 11) is 0. The summed E-state index contributed by atoms with van der Waals surface area (Å²) in [5.41, 5.74) is 1.86. The second kappa shape index (κ2) is 7.42. The van der Waals surface area contributed by atoms with Crippen LogP contribution in [0.4, 0.5) is 10.5 Å². The Morgan fingerprint density at radius 1 is 1.11 bits per heavy atom. The molecule has 28 heavy (non-hydrogen) atoms. The van der Waals surface area contributed by atoms with Gasteiger partial charge in [0.1, 0.15) is 6.10 Å². The fourth-order valence-corrected chi connectivity index (χ4v) is 3.32. The van der Waals surface area contributed by atoms with Crippen LogP contribution >= 0.6 is 0 Å². The first-order valence-corrected chi connectivity index (χ1v) is 9.38. The van der Waals surface area contributed by atoms with E-state index in [0.717, 1.165) is 12.8 Å². The quantitative estimate of drug-likeness (QED) is 0.722. The highest BCUT2D eigenvalue weighted by atomic mass is 16.6. The zero-order valence-electron chi connectivity index (χ0n) is 15.9. The third-order valence-electron chi connectivity index (χ3n) is 4.68. The molecule has 0 radical (unpaired) electrons. The smallest absolute Gasteiger partial charge is 0.414 e. The molecule has 2 aromatic carbocycles. The number of cyclic esters (lactones) is 1. The molecule has 2 heterocycles. The van der Waals surface area contributed by atoms with Crippen molar-refractivity contribution in [1.29, 1.82) is 0 Å². The summed E-state index contributed by atoms with van der Waals surface area (Å²) >= 11 is 0.